The van der Waals surface area contributed by atoms with Gasteiger partial charge in [-0.1, -0.05) is 6.08 Å². The molecular weight excluding hydrogens is 194 g/mol. The molecule has 0 saturated carbocycles. The van der Waals surface area contributed by atoms with Crippen LogP contribution in [0.3, 0.4) is 0 Å². The van der Waals surface area contributed by atoms with Crippen molar-refractivity contribution in [1.29, 1.82) is 0 Å². The molecule has 0 bridgehead atoms. The second-order valence-electron chi connectivity index (χ2n) is 2.58. The summed E-state index contributed by atoms with van der Waals surface area (Å²) in [5, 5.41) is 0. The molecule has 1 atom stereocenters. The molecule has 0 aliphatic heterocycles. The average molecular weight is 209 g/mol. The van der Waals surface area contributed by atoms with E-state index in [0.29, 0.717) is 6.42 Å². The number of carbonyl (C=O) groups excluding carboxylic acids is 1. The van der Waals surface area contributed by atoms with E-state index in [1.54, 1.807) is 0 Å². The third kappa shape index (κ3) is 7.63. The molecule has 78 valence electrons. The van der Waals surface area contributed by atoms with Gasteiger partial charge in [0.15, 0.2) is 0 Å². The van der Waals surface area contributed by atoms with Crippen LogP contribution < -0.4 is 4.72 Å². The lowest BCUT2D eigenvalue weighted by Gasteiger charge is -2.11. The van der Waals surface area contributed by atoms with E-state index in [4.69, 9.17) is 0 Å². The highest BCUT2D eigenvalue weighted by Gasteiger charge is 2.16. The monoisotopic (exact) mass is 209 g/mol. The van der Waals surface area contributed by atoms with Crippen molar-refractivity contribution in [3.8, 4) is 0 Å². The maximum atomic E-state index is 10.8. The summed E-state index contributed by atoms with van der Waals surface area (Å²) in [5.74, 6) is -0.208. The van der Waals surface area contributed by atoms with E-state index in [1.165, 1.54) is 13.0 Å². The summed E-state index contributed by atoms with van der Waals surface area (Å²) >= 11 is 0. The summed E-state index contributed by atoms with van der Waals surface area (Å²) in [5.41, 5.74) is 0. The molecule has 0 spiro atoms. The second kappa shape index (κ2) is 5.85. The number of sulfonamides is 1. The van der Waals surface area contributed by atoms with Crippen LogP contribution in [0.1, 0.15) is 13.3 Å². The van der Waals surface area contributed by atoms with Gasteiger partial charge in [-0.15, -0.1) is 6.58 Å². The maximum Gasteiger partial charge on any atom is 0.209 e. The molecule has 0 aromatic rings. The third-order valence-corrected chi connectivity index (χ3v) is 1.96. The molecule has 0 heterocycles. The molecule has 13 heavy (non-hydrogen) atoms. The Labute approximate surface area is 78.2 Å². The van der Waals surface area contributed by atoms with Crippen molar-refractivity contribution in [2.24, 2.45) is 0 Å². The van der Waals surface area contributed by atoms with Crippen LogP contribution in [0.4, 0.5) is 0 Å². The van der Waals surface area contributed by atoms with Gasteiger partial charge in [-0.2, -0.15) is 0 Å². The highest BCUT2D eigenvalue weighted by atomic mass is 32.2. The molecular formula is C7H15NO4S. The highest BCUT2D eigenvalue weighted by Crippen LogP contribution is 1.96. The third-order valence-electron chi connectivity index (χ3n) is 1.25. The molecule has 6 heteroatoms. The van der Waals surface area contributed by atoms with Crippen LogP contribution in [0.2, 0.25) is 0 Å². The summed E-state index contributed by atoms with van der Waals surface area (Å²) in [6.45, 7) is 4.77. The number of ketones is 1. The summed E-state index contributed by atoms with van der Waals surface area (Å²) < 4.78 is 23.7. The Balaban J connectivity index is 0. The normalized spacial score (nSPS) is 12.8. The van der Waals surface area contributed by atoms with Crippen LogP contribution >= 0.6 is 0 Å². The number of rotatable bonds is 5. The molecule has 0 fully saturated rings. The van der Waals surface area contributed by atoms with E-state index in [1.807, 2.05) is 0 Å². The number of nitrogens with one attached hydrogen (secondary N) is 1. The Morgan fingerprint density at radius 2 is 2.08 bits per heavy atom. The zero-order valence-corrected chi connectivity index (χ0v) is 8.52. The lowest BCUT2D eigenvalue weighted by Crippen LogP contribution is -2.38. The summed E-state index contributed by atoms with van der Waals surface area (Å²) in [6, 6.07) is -0.669. The topological polar surface area (TPSA) is 94.7 Å². The van der Waals surface area contributed by atoms with Crippen molar-refractivity contribution in [3.05, 3.63) is 12.7 Å². The summed E-state index contributed by atoms with van der Waals surface area (Å²) in [4.78, 5) is 10.8. The number of hydrogen-bond donors (Lipinski definition) is 1. The molecule has 0 amide bonds. The first-order valence-corrected chi connectivity index (χ1v) is 5.34. The van der Waals surface area contributed by atoms with Gasteiger partial charge in [-0.05, 0) is 13.3 Å². The molecule has 0 radical (unpaired) electrons. The molecule has 3 N–H and O–H groups in total. The van der Waals surface area contributed by atoms with Crippen LogP contribution in [-0.2, 0) is 14.8 Å². The molecule has 0 aromatic carbocycles. The van der Waals surface area contributed by atoms with E-state index in [2.05, 4.69) is 11.3 Å². The predicted octanol–water partition coefficient (Wildman–Crippen LogP) is -0.755. The van der Waals surface area contributed by atoms with Crippen molar-refractivity contribution in [2.75, 3.05) is 6.26 Å². The SMILES string of the molecule is C=CC[C@@H](NS(C)(=O)=O)C(C)=O.O. The van der Waals surface area contributed by atoms with Gasteiger partial charge in [0.05, 0.1) is 12.3 Å². The minimum Gasteiger partial charge on any atom is -0.412 e. The van der Waals surface area contributed by atoms with Crippen molar-refractivity contribution < 1.29 is 18.7 Å². The van der Waals surface area contributed by atoms with E-state index >= 15 is 0 Å². The van der Waals surface area contributed by atoms with Gasteiger partial charge in [-0.25, -0.2) is 13.1 Å². The molecule has 5 nitrogen and oxygen atoms in total. The van der Waals surface area contributed by atoms with Crippen LogP contribution in [0.25, 0.3) is 0 Å². The van der Waals surface area contributed by atoms with Gasteiger partial charge < -0.3 is 5.48 Å². The van der Waals surface area contributed by atoms with Crippen LogP contribution in [-0.4, -0.2) is 32.0 Å². The first-order chi connectivity index (χ1) is 5.37. The fourth-order valence-electron chi connectivity index (χ4n) is 0.722. The van der Waals surface area contributed by atoms with E-state index in [0.717, 1.165) is 6.26 Å². The zero-order valence-electron chi connectivity index (χ0n) is 7.70. The van der Waals surface area contributed by atoms with E-state index < -0.39 is 16.1 Å². The van der Waals surface area contributed by atoms with Crippen LogP contribution in [0.5, 0.6) is 0 Å². The Kier molecular flexibility index (Phi) is 6.65. The lowest BCUT2D eigenvalue weighted by atomic mass is 10.1. The molecule has 0 rings (SSSR count). The van der Waals surface area contributed by atoms with Gasteiger partial charge in [0.25, 0.3) is 0 Å². The molecule has 0 aromatic heterocycles. The smallest absolute Gasteiger partial charge is 0.209 e. The van der Waals surface area contributed by atoms with E-state index in [-0.39, 0.29) is 11.3 Å². The Morgan fingerprint density at radius 3 is 2.31 bits per heavy atom. The summed E-state index contributed by atoms with van der Waals surface area (Å²) in [7, 11) is -3.31. The van der Waals surface area contributed by atoms with Crippen molar-refractivity contribution in [1.82, 2.24) is 4.72 Å². The van der Waals surface area contributed by atoms with Crippen molar-refractivity contribution in [2.45, 2.75) is 19.4 Å². The first-order valence-electron chi connectivity index (χ1n) is 3.45. The van der Waals surface area contributed by atoms with Gasteiger partial charge in [0.1, 0.15) is 5.78 Å². The minimum atomic E-state index is -3.31. The number of carbonyl (C=O) groups is 1. The van der Waals surface area contributed by atoms with Gasteiger partial charge >= 0.3 is 0 Å². The maximum absolute atomic E-state index is 10.8. The van der Waals surface area contributed by atoms with Crippen molar-refractivity contribution in [3.63, 3.8) is 0 Å². The van der Waals surface area contributed by atoms with Crippen molar-refractivity contribution >= 4 is 15.8 Å². The number of Topliss-reactive ketones (excluding diaryl/α,β-unsaturated/α-hetero) is 1. The highest BCUT2D eigenvalue weighted by molar-refractivity contribution is 7.88. The van der Waals surface area contributed by atoms with Gasteiger partial charge in [0.2, 0.25) is 10.0 Å². The molecule has 0 saturated heterocycles. The second-order valence-corrected chi connectivity index (χ2v) is 4.36. The largest absolute Gasteiger partial charge is 0.412 e. The van der Waals surface area contributed by atoms with Gasteiger partial charge in [-0.3, -0.25) is 4.79 Å². The zero-order chi connectivity index (χ0) is 9.78. The lowest BCUT2D eigenvalue weighted by molar-refractivity contribution is -0.118. The van der Waals surface area contributed by atoms with Crippen LogP contribution in [0, 0.1) is 0 Å². The molecule has 0 unspecified atom stereocenters. The minimum absolute atomic E-state index is 0. The quantitative estimate of drug-likeness (QED) is 0.603. The standard InChI is InChI=1S/C7H13NO3S.H2O/c1-4-5-7(6(2)9)8-12(3,10)11;/h4,7-8H,1,5H2,2-3H3;1H2/t7-;/m1./s1. The fraction of sp³-hybridized carbons (Fsp3) is 0.571. The van der Waals surface area contributed by atoms with Gasteiger partial charge in [0, 0.05) is 0 Å². The predicted molar refractivity (Wildman–Crippen MR) is 50.9 cm³/mol. The average Bonchev–Trinajstić information content (AvgIpc) is 1.83. The Bertz CT molecular complexity index is 270. The first kappa shape index (κ1) is 14.8. The molecule has 0 aliphatic rings. The molecule has 0 aliphatic carbocycles. The van der Waals surface area contributed by atoms with E-state index in [9.17, 15) is 13.2 Å². The Hall–Kier alpha value is -0.720. The number of hydrogen-bond acceptors (Lipinski definition) is 3. The summed E-state index contributed by atoms with van der Waals surface area (Å²) in [6.07, 6.45) is 2.85. The fourth-order valence-corrected chi connectivity index (χ4v) is 1.50. The van der Waals surface area contributed by atoms with Crippen LogP contribution in [0.15, 0.2) is 12.7 Å². The Morgan fingerprint density at radius 1 is 1.62 bits per heavy atom.